The van der Waals surface area contributed by atoms with Gasteiger partial charge in [-0.05, 0) is 25.5 Å². The highest BCUT2D eigenvalue weighted by Gasteiger charge is 2.43. The lowest BCUT2D eigenvalue weighted by Gasteiger charge is -2.40. The molecule has 0 aromatic carbocycles. The van der Waals surface area contributed by atoms with E-state index in [0.717, 1.165) is 5.56 Å². The van der Waals surface area contributed by atoms with E-state index in [0.29, 0.717) is 19.6 Å². The van der Waals surface area contributed by atoms with Gasteiger partial charge in [0.2, 0.25) is 21.2 Å². The highest BCUT2D eigenvalue weighted by molar-refractivity contribution is 7.88. The third-order valence-electron chi connectivity index (χ3n) is 4.35. The van der Waals surface area contributed by atoms with Crippen LogP contribution in [0.5, 0.6) is 0 Å². The number of anilines is 1. The van der Waals surface area contributed by atoms with Crippen LogP contribution in [0.2, 0.25) is 0 Å². The molecule has 3 rings (SSSR count). The maximum atomic E-state index is 12.1. The molecule has 1 amide bonds. The number of sulfonamides is 1. The minimum absolute atomic E-state index is 0.174. The molecule has 3 heterocycles. The zero-order chi connectivity index (χ0) is 19.7. The van der Waals surface area contributed by atoms with Crippen molar-refractivity contribution in [3.8, 4) is 0 Å². The largest absolute Gasteiger partial charge is 0.305 e. The molecule has 1 N–H and O–H groups in total. The first kappa shape index (κ1) is 19.2. The van der Waals surface area contributed by atoms with Crippen molar-refractivity contribution in [3.63, 3.8) is 0 Å². The molecule has 146 valence electrons. The molecule has 0 unspecified atom stereocenters. The number of carbonyl (C=O) groups is 1. The van der Waals surface area contributed by atoms with E-state index in [4.69, 9.17) is 4.52 Å². The molecule has 0 aliphatic carbocycles. The zero-order valence-electron chi connectivity index (χ0n) is 15.5. The first-order valence-corrected chi connectivity index (χ1v) is 10.3. The van der Waals surface area contributed by atoms with Crippen molar-refractivity contribution in [1.82, 2.24) is 14.6 Å². The molecule has 0 spiro atoms. The number of hydrogen-bond donors (Lipinski definition) is 1. The van der Waals surface area contributed by atoms with Crippen LogP contribution in [0.4, 0.5) is 5.88 Å². The number of pyridine rings is 1. The summed E-state index contributed by atoms with van der Waals surface area (Å²) in [6.07, 6.45) is 6.22. The van der Waals surface area contributed by atoms with Crippen molar-refractivity contribution < 1.29 is 22.5 Å². The Bertz CT molecular complexity index is 912. The second-order valence-corrected chi connectivity index (χ2v) is 9.09. The van der Waals surface area contributed by atoms with Gasteiger partial charge in [-0.2, -0.15) is 4.31 Å². The summed E-state index contributed by atoms with van der Waals surface area (Å²) >= 11 is 0. The minimum atomic E-state index is -3.25. The van der Waals surface area contributed by atoms with Gasteiger partial charge in [0.25, 0.3) is 6.20 Å². The van der Waals surface area contributed by atoms with Crippen molar-refractivity contribution in [2.75, 3.05) is 36.2 Å². The molecule has 1 aliphatic rings. The van der Waals surface area contributed by atoms with Crippen LogP contribution in [0.25, 0.3) is 0 Å². The number of hydrogen-bond acceptors (Lipinski definition) is 7. The van der Waals surface area contributed by atoms with Gasteiger partial charge >= 0.3 is 5.88 Å². The highest BCUT2D eigenvalue weighted by atomic mass is 32.2. The van der Waals surface area contributed by atoms with Gasteiger partial charge in [0.1, 0.15) is 5.54 Å². The first-order chi connectivity index (χ1) is 12.6. The second kappa shape index (κ2) is 7.24. The quantitative estimate of drug-likeness (QED) is 0.681. The van der Waals surface area contributed by atoms with Crippen LogP contribution in [-0.4, -0.2) is 60.3 Å². The molecule has 0 saturated carbocycles. The van der Waals surface area contributed by atoms with Gasteiger partial charge in [0, 0.05) is 25.5 Å². The summed E-state index contributed by atoms with van der Waals surface area (Å²) in [6, 6.07) is 3.58. The number of nitrogens with one attached hydrogen (secondary N) is 1. The second-order valence-electron chi connectivity index (χ2n) is 7.11. The van der Waals surface area contributed by atoms with Crippen molar-refractivity contribution in [2.45, 2.75) is 25.8 Å². The van der Waals surface area contributed by atoms with E-state index < -0.39 is 15.6 Å². The standard InChI is InChI=1S/C16H22N6O4S/c1-16(2)12-20(27(3,24)25)7-8-21(16)22-11-15(26-19-22)18-14(23)9-13-5-4-6-17-10-13/h4-6,10-11H,7-9,12H2,1-3H3/p+1. The van der Waals surface area contributed by atoms with E-state index in [1.165, 1.54) is 15.4 Å². The first-order valence-electron chi connectivity index (χ1n) is 8.46. The smallest absolute Gasteiger partial charge is 0.289 e. The molecule has 0 radical (unpaired) electrons. The van der Waals surface area contributed by atoms with Gasteiger partial charge in [-0.3, -0.25) is 19.6 Å². The van der Waals surface area contributed by atoms with E-state index in [1.807, 2.05) is 24.9 Å². The van der Waals surface area contributed by atoms with Gasteiger partial charge in [0.15, 0.2) is 0 Å². The molecule has 1 aliphatic heterocycles. The Morgan fingerprint density at radius 1 is 1.41 bits per heavy atom. The molecule has 11 heteroatoms. The summed E-state index contributed by atoms with van der Waals surface area (Å²) in [4.78, 5) is 17.6. The van der Waals surface area contributed by atoms with Crippen molar-refractivity contribution in [2.24, 2.45) is 0 Å². The predicted octanol–water partition coefficient (Wildman–Crippen LogP) is -0.470. The Labute approximate surface area is 157 Å². The Hall–Kier alpha value is -2.53. The number of aromatic nitrogens is 3. The summed E-state index contributed by atoms with van der Waals surface area (Å²) in [5, 5.41) is 8.51. The summed E-state index contributed by atoms with van der Waals surface area (Å²) in [5.74, 6) is -0.0299. The highest BCUT2D eigenvalue weighted by Crippen LogP contribution is 2.19. The number of piperazine rings is 1. The molecule has 1 saturated heterocycles. The van der Waals surface area contributed by atoms with Crippen LogP contribution in [0.1, 0.15) is 19.4 Å². The van der Waals surface area contributed by atoms with E-state index in [1.54, 1.807) is 24.7 Å². The molecule has 0 bridgehead atoms. The van der Waals surface area contributed by atoms with Crippen LogP contribution in [-0.2, 0) is 21.2 Å². The number of nitrogens with zero attached hydrogens (tertiary/aromatic N) is 5. The molecule has 0 atom stereocenters. The molecule has 27 heavy (non-hydrogen) atoms. The number of rotatable bonds is 5. The van der Waals surface area contributed by atoms with Gasteiger partial charge in [0.05, 0.1) is 24.0 Å². The maximum Gasteiger partial charge on any atom is 0.305 e. The Balaban J connectivity index is 1.66. The van der Waals surface area contributed by atoms with Crippen LogP contribution >= 0.6 is 0 Å². The normalized spacial score (nSPS) is 17.7. The van der Waals surface area contributed by atoms with Crippen LogP contribution in [0.15, 0.2) is 35.2 Å². The fourth-order valence-corrected chi connectivity index (χ4v) is 4.00. The fraction of sp³-hybridized carbons (Fsp3) is 0.500. The molecule has 2 aromatic heterocycles. The van der Waals surface area contributed by atoms with Crippen LogP contribution < -0.4 is 15.1 Å². The van der Waals surface area contributed by atoms with Gasteiger partial charge in [-0.25, -0.2) is 8.42 Å². The predicted molar refractivity (Wildman–Crippen MR) is 96.8 cm³/mol. The Morgan fingerprint density at radius 3 is 2.81 bits per heavy atom. The van der Waals surface area contributed by atoms with E-state index in [-0.39, 0.29) is 18.2 Å². The van der Waals surface area contributed by atoms with Crippen molar-refractivity contribution in [3.05, 3.63) is 36.3 Å². The van der Waals surface area contributed by atoms with E-state index >= 15 is 0 Å². The van der Waals surface area contributed by atoms with Gasteiger partial charge in [-0.1, -0.05) is 6.07 Å². The SMILES string of the molecule is CC1(C)CN(S(C)(=O)=O)CCN1[n+]1cc(NC(=O)Cc2cccnc2)on1. The Morgan fingerprint density at radius 2 is 2.19 bits per heavy atom. The molecular formula is C16H23N6O4S+. The number of amides is 1. The van der Waals surface area contributed by atoms with Gasteiger partial charge in [-0.15, -0.1) is 5.01 Å². The van der Waals surface area contributed by atoms with Crippen molar-refractivity contribution >= 4 is 21.8 Å². The molecule has 10 nitrogen and oxygen atoms in total. The van der Waals surface area contributed by atoms with Crippen LogP contribution in [0.3, 0.4) is 0 Å². The average molecular weight is 395 g/mol. The third kappa shape index (κ3) is 4.61. The summed E-state index contributed by atoms with van der Waals surface area (Å²) in [7, 11) is -3.25. The molecular weight excluding hydrogens is 372 g/mol. The lowest BCUT2D eigenvalue weighted by molar-refractivity contribution is -0.766. The number of carbonyl (C=O) groups excluding carboxylic acids is 1. The van der Waals surface area contributed by atoms with E-state index in [2.05, 4.69) is 15.6 Å². The summed E-state index contributed by atoms with van der Waals surface area (Å²) < 4.78 is 30.3. The zero-order valence-corrected chi connectivity index (χ0v) is 16.3. The maximum absolute atomic E-state index is 12.1. The minimum Gasteiger partial charge on any atom is -0.289 e. The summed E-state index contributed by atoms with van der Waals surface area (Å²) in [6.45, 7) is 4.97. The van der Waals surface area contributed by atoms with E-state index in [9.17, 15) is 13.2 Å². The van der Waals surface area contributed by atoms with Crippen molar-refractivity contribution in [1.29, 1.82) is 0 Å². The molecule has 2 aromatic rings. The monoisotopic (exact) mass is 395 g/mol. The lowest BCUT2D eigenvalue weighted by Crippen LogP contribution is -2.74. The topological polar surface area (TPSA) is 113 Å². The molecule has 1 fully saturated rings. The van der Waals surface area contributed by atoms with Crippen LogP contribution in [0, 0.1) is 0 Å². The summed E-state index contributed by atoms with van der Waals surface area (Å²) in [5.41, 5.74) is 0.292. The van der Waals surface area contributed by atoms with Gasteiger partial charge < -0.3 is 0 Å². The lowest BCUT2D eigenvalue weighted by atomic mass is 10.0. The average Bonchev–Trinajstić information content (AvgIpc) is 3.01. The Kier molecular flexibility index (Phi) is 5.16. The fourth-order valence-electron chi connectivity index (χ4n) is 3.04. The third-order valence-corrected chi connectivity index (χ3v) is 5.59.